The summed E-state index contributed by atoms with van der Waals surface area (Å²) < 4.78 is 5.12. The number of nitro benzene ring substituents is 1. The van der Waals surface area contributed by atoms with Gasteiger partial charge in [-0.05, 0) is 25.5 Å². The first-order valence-corrected chi connectivity index (χ1v) is 7.93. The third kappa shape index (κ3) is 4.42. The average Bonchev–Trinajstić information content (AvgIpc) is 2.49. The second-order valence-electron chi connectivity index (χ2n) is 5.95. The largest absolute Gasteiger partial charge is 0.480 e. The summed E-state index contributed by atoms with van der Waals surface area (Å²) in [7, 11) is 1.55. The number of ether oxygens (including phenoxy) is 1. The van der Waals surface area contributed by atoms with Crippen LogP contribution in [0.1, 0.15) is 25.3 Å². The minimum absolute atomic E-state index is 0.0395. The number of hydrogen-bond donors (Lipinski definition) is 2. The van der Waals surface area contributed by atoms with E-state index < -0.39 is 10.9 Å². The van der Waals surface area contributed by atoms with E-state index in [4.69, 9.17) is 9.84 Å². The van der Waals surface area contributed by atoms with E-state index in [1.807, 2.05) is 11.8 Å². The quantitative estimate of drug-likeness (QED) is 0.525. The van der Waals surface area contributed by atoms with Crippen LogP contribution in [0.25, 0.3) is 0 Å². The van der Waals surface area contributed by atoms with Crippen molar-refractivity contribution in [2.75, 3.05) is 25.5 Å². The SMILES string of the molecule is CCN(CC(=O)O)C1CC(Nc2ccc([N+](=O)[O-])cc2COC)C1. The number of carbonyl (C=O) groups is 1. The number of nitrogens with one attached hydrogen (secondary N) is 1. The Morgan fingerprint density at radius 3 is 2.75 bits per heavy atom. The van der Waals surface area contributed by atoms with Gasteiger partial charge in [0.15, 0.2) is 0 Å². The molecule has 0 aromatic heterocycles. The fourth-order valence-electron chi connectivity index (χ4n) is 3.01. The first-order valence-electron chi connectivity index (χ1n) is 7.93. The third-order valence-corrected chi connectivity index (χ3v) is 4.33. The van der Waals surface area contributed by atoms with E-state index in [2.05, 4.69) is 5.32 Å². The molecule has 1 fully saturated rings. The summed E-state index contributed by atoms with van der Waals surface area (Å²) in [6.45, 7) is 3.01. The van der Waals surface area contributed by atoms with E-state index in [0.29, 0.717) is 13.2 Å². The molecule has 0 unspecified atom stereocenters. The Morgan fingerprint density at radius 2 is 2.21 bits per heavy atom. The molecule has 1 aliphatic rings. The lowest BCUT2D eigenvalue weighted by atomic mass is 9.85. The second-order valence-corrected chi connectivity index (χ2v) is 5.95. The van der Waals surface area contributed by atoms with Crippen LogP contribution in [-0.4, -0.2) is 53.2 Å². The Hall–Kier alpha value is -2.19. The van der Waals surface area contributed by atoms with E-state index in [-0.39, 0.29) is 24.3 Å². The minimum Gasteiger partial charge on any atom is -0.480 e. The fourth-order valence-corrected chi connectivity index (χ4v) is 3.01. The van der Waals surface area contributed by atoms with E-state index in [0.717, 1.165) is 24.1 Å². The second kappa shape index (κ2) is 8.07. The number of hydrogen-bond acceptors (Lipinski definition) is 6. The van der Waals surface area contributed by atoms with Gasteiger partial charge in [-0.25, -0.2) is 0 Å². The maximum atomic E-state index is 10.9. The molecule has 1 aromatic rings. The molecule has 24 heavy (non-hydrogen) atoms. The fraction of sp³-hybridized carbons (Fsp3) is 0.562. The van der Waals surface area contributed by atoms with Gasteiger partial charge >= 0.3 is 5.97 Å². The summed E-state index contributed by atoms with van der Waals surface area (Å²) in [5, 5.41) is 23.2. The van der Waals surface area contributed by atoms with Crippen molar-refractivity contribution < 1.29 is 19.6 Å². The van der Waals surface area contributed by atoms with E-state index in [1.54, 1.807) is 13.2 Å². The Balaban J connectivity index is 1.97. The summed E-state index contributed by atoms with van der Waals surface area (Å²) in [6.07, 6.45) is 1.70. The molecular formula is C16H23N3O5. The van der Waals surface area contributed by atoms with Crippen molar-refractivity contribution in [3.8, 4) is 0 Å². The maximum Gasteiger partial charge on any atom is 0.317 e. The Morgan fingerprint density at radius 1 is 1.50 bits per heavy atom. The summed E-state index contributed by atoms with van der Waals surface area (Å²) in [5.74, 6) is -0.814. The summed E-state index contributed by atoms with van der Waals surface area (Å²) in [4.78, 5) is 23.3. The summed E-state index contributed by atoms with van der Waals surface area (Å²) >= 11 is 0. The number of nitrogens with zero attached hydrogens (tertiary/aromatic N) is 2. The number of non-ortho nitro benzene ring substituents is 1. The average molecular weight is 337 g/mol. The number of carboxylic acid groups (broad SMARTS) is 1. The molecule has 0 heterocycles. The highest BCUT2D eigenvalue weighted by atomic mass is 16.6. The smallest absolute Gasteiger partial charge is 0.317 e. The van der Waals surface area contributed by atoms with Gasteiger partial charge in [-0.3, -0.25) is 19.8 Å². The number of likely N-dealkylation sites (N-methyl/N-ethyl adjacent to an activating group) is 1. The zero-order valence-electron chi connectivity index (χ0n) is 13.9. The number of methoxy groups -OCH3 is 1. The Bertz CT molecular complexity index is 601. The Labute approximate surface area is 140 Å². The van der Waals surface area contributed by atoms with Crippen LogP contribution in [0.5, 0.6) is 0 Å². The molecule has 0 saturated heterocycles. The van der Waals surface area contributed by atoms with E-state index in [1.165, 1.54) is 12.1 Å². The van der Waals surface area contributed by atoms with Crippen LogP contribution in [0.3, 0.4) is 0 Å². The molecule has 0 radical (unpaired) electrons. The molecule has 0 atom stereocenters. The molecule has 2 rings (SSSR count). The standard InChI is InChI=1S/C16H23N3O5/c1-3-18(9-16(20)21)14-7-12(8-14)17-15-5-4-13(19(22)23)6-11(15)10-24-2/h4-6,12,14,17H,3,7-10H2,1-2H3,(H,20,21). The van der Waals surface area contributed by atoms with Gasteiger partial charge in [0.05, 0.1) is 18.1 Å². The molecule has 0 spiro atoms. The summed E-state index contributed by atoms with van der Waals surface area (Å²) in [5.41, 5.74) is 1.61. The van der Waals surface area contributed by atoms with Crippen molar-refractivity contribution in [2.24, 2.45) is 0 Å². The van der Waals surface area contributed by atoms with Crippen molar-refractivity contribution in [3.63, 3.8) is 0 Å². The highest BCUT2D eigenvalue weighted by molar-refractivity contribution is 5.69. The number of rotatable bonds is 9. The number of aliphatic carboxylic acids is 1. The van der Waals surface area contributed by atoms with Crippen LogP contribution in [0.15, 0.2) is 18.2 Å². The molecule has 132 valence electrons. The van der Waals surface area contributed by atoms with Crippen LogP contribution >= 0.6 is 0 Å². The third-order valence-electron chi connectivity index (χ3n) is 4.33. The first kappa shape index (κ1) is 18.2. The molecule has 0 aliphatic heterocycles. The monoisotopic (exact) mass is 337 g/mol. The lowest BCUT2D eigenvalue weighted by Crippen LogP contribution is -2.51. The molecular weight excluding hydrogens is 314 g/mol. The Kier molecular flexibility index (Phi) is 6.10. The molecule has 0 bridgehead atoms. The lowest BCUT2D eigenvalue weighted by molar-refractivity contribution is -0.384. The van der Waals surface area contributed by atoms with Crippen molar-refractivity contribution in [2.45, 2.75) is 38.5 Å². The van der Waals surface area contributed by atoms with Gasteiger partial charge in [-0.2, -0.15) is 0 Å². The predicted octanol–water partition coefficient (Wildman–Crippen LogP) is 2.09. The van der Waals surface area contributed by atoms with Crippen molar-refractivity contribution in [1.82, 2.24) is 4.90 Å². The molecule has 1 saturated carbocycles. The minimum atomic E-state index is -0.814. The summed E-state index contributed by atoms with van der Waals surface area (Å²) in [6, 6.07) is 5.18. The highest BCUT2D eigenvalue weighted by Gasteiger charge is 2.34. The van der Waals surface area contributed by atoms with Crippen molar-refractivity contribution >= 4 is 17.3 Å². The van der Waals surface area contributed by atoms with Gasteiger partial charge in [0.25, 0.3) is 5.69 Å². The number of carboxylic acids is 1. The van der Waals surface area contributed by atoms with Crippen LogP contribution in [0.4, 0.5) is 11.4 Å². The normalized spacial score (nSPS) is 19.8. The van der Waals surface area contributed by atoms with Gasteiger partial charge in [-0.15, -0.1) is 0 Å². The number of nitro groups is 1. The van der Waals surface area contributed by atoms with Gasteiger partial charge < -0.3 is 15.2 Å². The van der Waals surface area contributed by atoms with Crippen LogP contribution in [0, 0.1) is 10.1 Å². The van der Waals surface area contributed by atoms with Crippen LogP contribution in [0.2, 0.25) is 0 Å². The first-order chi connectivity index (χ1) is 11.4. The van der Waals surface area contributed by atoms with Crippen molar-refractivity contribution in [1.29, 1.82) is 0 Å². The molecule has 8 heteroatoms. The van der Waals surface area contributed by atoms with Crippen LogP contribution < -0.4 is 5.32 Å². The van der Waals surface area contributed by atoms with E-state index in [9.17, 15) is 14.9 Å². The van der Waals surface area contributed by atoms with E-state index >= 15 is 0 Å². The number of anilines is 1. The van der Waals surface area contributed by atoms with Gasteiger partial charge in [0, 0.05) is 42.6 Å². The zero-order chi connectivity index (χ0) is 17.7. The molecule has 8 nitrogen and oxygen atoms in total. The molecule has 2 N–H and O–H groups in total. The molecule has 1 aliphatic carbocycles. The molecule has 1 aromatic carbocycles. The number of benzene rings is 1. The van der Waals surface area contributed by atoms with Gasteiger partial charge in [0.2, 0.25) is 0 Å². The lowest BCUT2D eigenvalue weighted by Gasteiger charge is -2.42. The molecule has 0 amide bonds. The zero-order valence-corrected chi connectivity index (χ0v) is 13.9. The maximum absolute atomic E-state index is 10.9. The van der Waals surface area contributed by atoms with Crippen molar-refractivity contribution in [3.05, 3.63) is 33.9 Å². The topological polar surface area (TPSA) is 105 Å². The predicted molar refractivity (Wildman–Crippen MR) is 89.1 cm³/mol. The van der Waals surface area contributed by atoms with Gasteiger partial charge in [-0.1, -0.05) is 6.92 Å². The van der Waals surface area contributed by atoms with Crippen LogP contribution in [-0.2, 0) is 16.1 Å². The van der Waals surface area contributed by atoms with Gasteiger partial charge in [0.1, 0.15) is 0 Å². The highest BCUT2D eigenvalue weighted by Crippen LogP contribution is 2.31.